The van der Waals surface area contributed by atoms with E-state index in [0.717, 1.165) is 6.42 Å². The van der Waals surface area contributed by atoms with E-state index in [0.29, 0.717) is 22.7 Å². The van der Waals surface area contributed by atoms with Gasteiger partial charge in [-0.25, -0.2) is 4.79 Å². The molecule has 1 saturated carbocycles. The third-order valence-corrected chi connectivity index (χ3v) is 3.90. The largest absolute Gasteiger partial charge is 0.478 e. The molecule has 2 atom stereocenters. The number of benzene rings is 1. The predicted molar refractivity (Wildman–Crippen MR) is 73.5 cm³/mol. The summed E-state index contributed by atoms with van der Waals surface area (Å²) in [6.45, 7) is 2.21. The molecule has 1 aliphatic carbocycles. The van der Waals surface area contributed by atoms with Crippen molar-refractivity contribution >= 4 is 23.3 Å². The molecule has 3 nitrogen and oxygen atoms in total. The van der Waals surface area contributed by atoms with Crippen LogP contribution in [0.1, 0.15) is 43.0 Å². The van der Waals surface area contributed by atoms with Crippen molar-refractivity contribution in [2.24, 2.45) is 5.92 Å². The lowest BCUT2D eigenvalue weighted by Gasteiger charge is -2.30. The first-order valence-electron chi connectivity index (χ1n) is 6.37. The first kappa shape index (κ1) is 13.2. The van der Waals surface area contributed by atoms with Crippen LogP contribution >= 0.6 is 11.6 Å². The van der Waals surface area contributed by atoms with Crippen molar-refractivity contribution in [2.45, 2.75) is 38.6 Å². The Morgan fingerprint density at radius 1 is 1.39 bits per heavy atom. The zero-order chi connectivity index (χ0) is 13.1. The van der Waals surface area contributed by atoms with Crippen LogP contribution in [0.2, 0.25) is 5.02 Å². The number of halogens is 1. The molecular weight excluding hydrogens is 250 g/mol. The van der Waals surface area contributed by atoms with Crippen molar-refractivity contribution in [3.63, 3.8) is 0 Å². The van der Waals surface area contributed by atoms with Crippen LogP contribution < -0.4 is 5.32 Å². The predicted octanol–water partition coefficient (Wildman–Crippen LogP) is 4.03. The summed E-state index contributed by atoms with van der Waals surface area (Å²) < 4.78 is 0. The third-order valence-electron chi connectivity index (χ3n) is 3.66. The second-order valence-corrected chi connectivity index (χ2v) is 5.44. The Hall–Kier alpha value is -1.22. The van der Waals surface area contributed by atoms with E-state index in [2.05, 4.69) is 12.2 Å². The number of aromatic carboxylic acids is 1. The van der Waals surface area contributed by atoms with Gasteiger partial charge in [-0.1, -0.05) is 31.4 Å². The maximum Gasteiger partial charge on any atom is 0.337 e. The first-order valence-corrected chi connectivity index (χ1v) is 6.75. The second-order valence-electron chi connectivity index (χ2n) is 5.01. The molecule has 4 heteroatoms. The minimum absolute atomic E-state index is 0.289. The molecule has 0 spiro atoms. The standard InChI is InChI=1S/C14H18ClNO2/c1-9-4-2-3-5-12(9)16-13-8-10(15)6-7-11(13)14(17)18/h6-9,12,16H,2-5H2,1H3,(H,17,18). The highest BCUT2D eigenvalue weighted by atomic mass is 35.5. The van der Waals surface area contributed by atoms with Gasteiger partial charge < -0.3 is 10.4 Å². The fourth-order valence-electron chi connectivity index (χ4n) is 2.55. The molecule has 18 heavy (non-hydrogen) atoms. The summed E-state index contributed by atoms with van der Waals surface area (Å²) in [4.78, 5) is 11.2. The maximum atomic E-state index is 11.2. The number of carboxylic acids is 1. The molecule has 2 rings (SSSR count). The average molecular weight is 268 g/mol. The van der Waals surface area contributed by atoms with Crippen molar-refractivity contribution in [3.05, 3.63) is 28.8 Å². The lowest BCUT2D eigenvalue weighted by molar-refractivity contribution is 0.0698. The van der Waals surface area contributed by atoms with E-state index >= 15 is 0 Å². The summed E-state index contributed by atoms with van der Waals surface area (Å²) in [5.74, 6) is -0.350. The minimum Gasteiger partial charge on any atom is -0.478 e. The van der Waals surface area contributed by atoms with Crippen molar-refractivity contribution in [1.82, 2.24) is 0 Å². The number of rotatable bonds is 3. The average Bonchev–Trinajstić information content (AvgIpc) is 2.32. The van der Waals surface area contributed by atoms with Gasteiger partial charge in [0.15, 0.2) is 0 Å². The normalized spacial score (nSPS) is 23.7. The van der Waals surface area contributed by atoms with Gasteiger partial charge in [-0.2, -0.15) is 0 Å². The van der Waals surface area contributed by atoms with Gasteiger partial charge >= 0.3 is 5.97 Å². The highest BCUT2D eigenvalue weighted by Crippen LogP contribution is 2.29. The Bertz CT molecular complexity index is 447. The lowest BCUT2D eigenvalue weighted by atomic mass is 9.85. The van der Waals surface area contributed by atoms with Crippen LogP contribution in [0.5, 0.6) is 0 Å². The zero-order valence-electron chi connectivity index (χ0n) is 10.4. The smallest absolute Gasteiger partial charge is 0.337 e. The van der Waals surface area contributed by atoms with Crippen molar-refractivity contribution < 1.29 is 9.90 Å². The van der Waals surface area contributed by atoms with E-state index < -0.39 is 5.97 Å². The van der Waals surface area contributed by atoms with E-state index in [1.54, 1.807) is 18.2 Å². The summed E-state index contributed by atoms with van der Waals surface area (Å²) in [7, 11) is 0. The summed E-state index contributed by atoms with van der Waals surface area (Å²) in [5.41, 5.74) is 0.922. The van der Waals surface area contributed by atoms with Crippen molar-refractivity contribution in [1.29, 1.82) is 0 Å². The molecule has 0 aliphatic heterocycles. The van der Waals surface area contributed by atoms with E-state index in [4.69, 9.17) is 16.7 Å². The quantitative estimate of drug-likeness (QED) is 0.869. The number of hydrogen-bond donors (Lipinski definition) is 2. The van der Waals surface area contributed by atoms with Gasteiger partial charge in [-0.15, -0.1) is 0 Å². The SMILES string of the molecule is CC1CCCCC1Nc1cc(Cl)ccc1C(=O)O. The first-order chi connectivity index (χ1) is 8.58. The van der Waals surface area contributed by atoms with Gasteiger partial charge in [0.25, 0.3) is 0 Å². The fourth-order valence-corrected chi connectivity index (χ4v) is 2.72. The second kappa shape index (κ2) is 5.61. The molecule has 0 radical (unpaired) electrons. The van der Waals surface area contributed by atoms with E-state index in [1.165, 1.54) is 19.3 Å². The zero-order valence-corrected chi connectivity index (χ0v) is 11.2. The summed E-state index contributed by atoms with van der Waals surface area (Å²) in [6, 6.07) is 5.21. The van der Waals surface area contributed by atoms with Crippen molar-refractivity contribution in [3.8, 4) is 0 Å². The number of carbonyl (C=O) groups is 1. The van der Waals surface area contributed by atoms with Gasteiger partial charge in [-0.05, 0) is 37.0 Å². The monoisotopic (exact) mass is 267 g/mol. The Labute approximate surface area is 112 Å². The van der Waals surface area contributed by atoms with Crippen LogP contribution in [0.15, 0.2) is 18.2 Å². The molecule has 1 aromatic rings. The fraction of sp³-hybridized carbons (Fsp3) is 0.500. The van der Waals surface area contributed by atoms with Crippen molar-refractivity contribution in [2.75, 3.05) is 5.32 Å². The lowest BCUT2D eigenvalue weighted by Crippen LogP contribution is -2.31. The molecule has 1 aromatic carbocycles. The minimum atomic E-state index is -0.919. The van der Waals surface area contributed by atoms with Crippen LogP contribution in [-0.2, 0) is 0 Å². The van der Waals surface area contributed by atoms with Crippen LogP contribution in [-0.4, -0.2) is 17.1 Å². The van der Waals surface area contributed by atoms with Gasteiger partial charge in [0.05, 0.1) is 11.3 Å². The topological polar surface area (TPSA) is 49.3 Å². The molecule has 98 valence electrons. The van der Waals surface area contributed by atoms with Crippen LogP contribution in [0, 0.1) is 5.92 Å². The Morgan fingerprint density at radius 3 is 2.78 bits per heavy atom. The molecule has 1 aliphatic rings. The molecule has 1 fully saturated rings. The van der Waals surface area contributed by atoms with Gasteiger partial charge in [0, 0.05) is 11.1 Å². The summed E-state index contributed by atoms with van der Waals surface area (Å²) in [6.07, 6.45) is 4.75. The Morgan fingerprint density at radius 2 is 2.11 bits per heavy atom. The van der Waals surface area contributed by atoms with E-state index in [-0.39, 0.29) is 5.56 Å². The van der Waals surface area contributed by atoms with Gasteiger partial charge in [0.1, 0.15) is 0 Å². The highest BCUT2D eigenvalue weighted by Gasteiger charge is 2.22. The molecule has 2 N–H and O–H groups in total. The molecule has 0 saturated heterocycles. The van der Waals surface area contributed by atoms with Gasteiger partial charge in [-0.3, -0.25) is 0 Å². The van der Waals surface area contributed by atoms with Crippen LogP contribution in [0.3, 0.4) is 0 Å². The summed E-state index contributed by atoms with van der Waals surface area (Å²) in [5, 5.41) is 13.1. The molecule has 0 aromatic heterocycles. The molecular formula is C14H18ClNO2. The third kappa shape index (κ3) is 2.96. The molecule has 0 heterocycles. The Kier molecular flexibility index (Phi) is 4.12. The summed E-state index contributed by atoms with van der Waals surface area (Å²) >= 11 is 5.94. The van der Waals surface area contributed by atoms with Crippen LogP contribution in [0.4, 0.5) is 5.69 Å². The molecule has 0 bridgehead atoms. The number of carboxylic acid groups (broad SMARTS) is 1. The van der Waals surface area contributed by atoms with Crippen LogP contribution in [0.25, 0.3) is 0 Å². The molecule has 2 unspecified atom stereocenters. The number of nitrogens with one attached hydrogen (secondary N) is 1. The van der Waals surface area contributed by atoms with E-state index in [9.17, 15) is 4.79 Å². The number of anilines is 1. The highest BCUT2D eigenvalue weighted by molar-refractivity contribution is 6.31. The maximum absolute atomic E-state index is 11.2. The van der Waals surface area contributed by atoms with E-state index in [1.807, 2.05) is 0 Å². The number of hydrogen-bond acceptors (Lipinski definition) is 2. The Balaban J connectivity index is 2.21. The van der Waals surface area contributed by atoms with Gasteiger partial charge in [0.2, 0.25) is 0 Å². The molecule has 0 amide bonds.